The largest absolute Gasteiger partial charge is 0.746 e. The van der Waals surface area contributed by atoms with E-state index in [1.165, 1.54) is 11.6 Å². The van der Waals surface area contributed by atoms with E-state index in [1.807, 2.05) is 12.1 Å². The highest BCUT2D eigenvalue weighted by atomic mass is 32.2. The van der Waals surface area contributed by atoms with E-state index in [4.69, 9.17) is 14.0 Å². The molecule has 5 unspecified atom stereocenters. The number of aryl methyl sites for hydroxylation is 1. The second-order valence-corrected chi connectivity index (χ2v) is 18.8. The highest BCUT2D eigenvalue weighted by Crippen LogP contribution is 2.42. The summed E-state index contributed by atoms with van der Waals surface area (Å²) < 4.78 is 41.7. The second kappa shape index (κ2) is 22.6. The predicted molar refractivity (Wildman–Crippen MR) is 223 cm³/mol. The SMILES string of the molecule is CS(=O)CCC(CO)(C(=O)OC1C[N+]2(Cc3cc(C(O)CNCCCCCCOCCCCc4ccccc4)ccc3OP(=O)([O-])O)CCC1CC2)c1ccccc1. The zero-order chi connectivity index (χ0) is 41.4. The Morgan fingerprint density at radius 3 is 2.33 bits per heavy atom. The zero-order valence-corrected chi connectivity index (χ0v) is 35.6. The maximum Gasteiger partial charge on any atom is 0.319 e. The first kappa shape index (κ1) is 46.1. The fraction of sp³-hybridized carbons (Fsp3) is 0.568. The lowest BCUT2D eigenvalue weighted by molar-refractivity contribution is -0.958. The third-order valence-electron chi connectivity index (χ3n) is 11.9. The standard InChI is InChI=1S/C44H63N2O10PS/c1-58(53)29-23-44(34-47,39-17-8-5-9-18-39)43(49)55-42-33-46(25-21-36(42)22-26-46)32-38-30-37(19-20-41(38)56-57(50,51)52)40(48)31-45-24-11-2-3-12-27-54-28-13-10-16-35-14-6-4-7-15-35/h4-9,14-15,17-20,30,36,40,42,45,47-48H,2-3,10-13,16,21-29,31-34H2,1H3,(H-,50,51,52). The number of rotatable bonds is 26. The summed E-state index contributed by atoms with van der Waals surface area (Å²) in [4.78, 5) is 35.6. The second-order valence-electron chi connectivity index (χ2n) is 16.2. The van der Waals surface area contributed by atoms with Crippen molar-refractivity contribution in [1.82, 2.24) is 5.32 Å². The molecule has 3 heterocycles. The van der Waals surface area contributed by atoms with E-state index >= 15 is 0 Å². The normalized spacial score (nSPS) is 22.1. The van der Waals surface area contributed by atoms with Crippen LogP contribution in [-0.2, 0) is 48.0 Å². The molecule has 0 saturated carbocycles. The van der Waals surface area contributed by atoms with Crippen LogP contribution in [0, 0.1) is 5.92 Å². The van der Waals surface area contributed by atoms with Crippen LogP contribution in [-0.4, -0.2) is 100 Å². The summed E-state index contributed by atoms with van der Waals surface area (Å²) in [5, 5.41) is 25.2. The minimum atomic E-state index is -5.13. The summed E-state index contributed by atoms with van der Waals surface area (Å²) in [6, 6.07) is 24.3. The molecule has 12 nitrogen and oxygen atoms in total. The number of phosphoric ester groups is 1. The van der Waals surface area contributed by atoms with E-state index in [1.54, 1.807) is 42.7 Å². The Kier molecular flexibility index (Phi) is 17.9. The Morgan fingerprint density at radius 1 is 0.983 bits per heavy atom. The van der Waals surface area contributed by atoms with Gasteiger partial charge in [0.2, 0.25) is 0 Å². The van der Waals surface area contributed by atoms with Crippen LogP contribution in [0.1, 0.15) is 86.1 Å². The number of carbonyl (C=O) groups is 1. The quantitative estimate of drug-likeness (QED) is 0.0367. The number of phosphoric acid groups is 1. The summed E-state index contributed by atoms with van der Waals surface area (Å²) in [5.41, 5.74) is 1.72. The smallest absolute Gasteiger partial charge is 0.319 e. The molecule has 6 rings (SSSR count). The number of unbranched alkanes of at least 4 members (excludes halogenated alkanes) is 4. The fourth-order valence-electron chi connectivity index (χ4n) is 8.45. The molecular formula is C44H63N2O10PS. The van der Waals surface area contributed by atoms with Gasteiger partial charge in [-0.1, -0.05) is 79.6 Å². The van der Waals surface area contributed by atoms with E-state index in [0.717, 1.165) is 90.6 Å². The topological polar surface area (TPSA) is 175 Å². The monoisotopic (exact) mass is 842 g/mol. The Labute approximate surface area is 346 Å². The molecule has 58 heavy (non-hydrogen) atoms. The van der Waals surface area contributed by atoms with Crippen LogP contribution in [0.2, 0.25) is 0 Å². The number of quaternary nitrogens is 1. The number of benzene rings is 3. The van der Waals surface area contributed by atoms with Crippen molar-refractivity contribution in [3.05, 3.63) is 101 Å². The van der Waals surface area contributed by atoms with Crippen molar-refractivity contribution in [3.8, 4) is 5.75 Å². The van der Waals surface area contributed by atoms with Gasteiger partial charge in [-0.3, -0.25) is 13.6 Å². The predicted octanol–water partition coefficient (Wildman–Crippen LogP) is 5.10. The summed E-state index contributed by atoms with van der Waals surface area (Å²) in [6.45, 7) is 4.46. The molecule has 0 aliphatic carbocycles. The van der Waals surface area contributed by atoms with Gasteiger partial charge in [-0.15, -0.1) is 0 Å². The Hall–Kier alpha value is -2.97. The van der Waals surface area contributed by atoms with Crippen LogP contribution in [0.5, 0.6) is 5.75 Å². The molecule has 0 spiro atoms. The summed E-state index contributed by atoms with van der Waals surface area (Å²) in [6.07, 6.45) is 9.35. The van der Waals surface area contributed by atoms with Crippen molar-refractivity contribution in [1.29, 1.82) is 0 Å². The fourth-order valence-corrected chi connectivity index (χ4v) is 9.51. The number of nitrogens with zero attached hydrogens (tertiary/aromatic N) is 1. The Bertz CT molecular complexity index is 1770. The lowest BCUT2D eigenvalue weighted by Gasteiger charge is -2.52. The van der Waals surface area contributed by atoms with Gasteiger partial charge in [0, 0.05) is 66.9 Å². The van der Waals surface area contributed by atoms with Gasteiger partial charge >= 0.3 is 13.8 Å². The third-order valence-corrected chi connectivity index (χ3v) is 13.1. The van der Waals surface area contributed by atoms with Gasteiger partial charge in [-0.25, -0.2) is 0 Å². The van der Waals surface area contributed by atoms with E-state index in [-0.39, 0.29) is 23.8 Å². The summed E-state index contributed by atoms with van der Waals surface area (Å²) in [7, 11) is -6.32. The number of nitrogens with one attached hydrogen (secondary N) is 1. The van der Waals surface area contributed by atoms with Crippen LogP contribution in [0.15, 0.2) is 78.9 Å². The molecule has 4 N–H and O–H groups in total. The molecule has 3 aliphatic rings. The van der Waals surface area contributed by atoms with E-state index in [2.05, 4.69) is 29.6 Å². The number of esters is 1. The van der Waals surface area contributed by atoms with Gasteiger partial charge in [-0.05, 0) is 73.9 Å². The number of hydrogen-bond acceptors (Lipinski definition) is 10. The maximum atomic E-state index is 14.1. The van der Waals surface area contributed by atoms with Crippen LogP contribution in [0.4, 0.5) is 0 Å². The van der Waals surface area contributed by atoms with Crippen molar-refractivity contribution >= 4 is 24.6 Å². The van der Waals surface area contributed by atoms with Crippen LogP contribution >= 0.6 is 7.82 Å². The molecule has 14 heteroatoms. The number of ether oxygens (including phenoxy) is 2. The van der Waals surface area contributed by atoms with Gasteiger partial charge in [0.15, 0.2) is 6.10 Å². The highest BCUT2D eigenvalue weighted by Gasteiger charge is 2.50. The maximum absolute atomic E-state index is 14.1. The molecule has 2 bridgehead atoms. The number of piperidine rings is 3. The number of carbonyl (C=O) groups excluding carboxylic acids is 1. The van der Waals surface area contributed by atoms with Crippen LogP contribution in [0.25, 0.3) is 0 Å². The molecule has 0 amide bonds. The summed E-state index contributed by atoms with van der Waals surface area (Å²) >= 11 is 0. The van der Waals surface area contributed by atoms with Gasteiger partial charge in [0.05, 0.1) is 25.8 Å². The zero-order valence-electron chi connectivity index (χ0n) is 33.9. The van der Waals surface area contributed by atoms with E-state index in [0.29, 0.717) is 40.8 Å². The first-order valence-corrected chi connectivity index (χ1v) is 24.0. The minimum Gasteiger partial charge on any atom is -0.746 e. The van der Waals surface area contributed by atoms with Crippen molar-refractivity contribution < 1.29 is 52.0 Å². The lowest BCUT2D eigenvalue weighted by Crippen LogP contribution is -2.64. The first-order valence-electron chi connectivity index (χ1n) is 20.8. The van der Waals surface area contributed by atoms with Gasteiger partial charge < -0.3 is 43.8 Å². The number of hydrogen-bond donors (Lipinski definition) is 4. The van der Waals surface area contributed by atoms with Crippen LogP contribution < -0.4 is 14.7 Å². The Balaban J connectivity index is 1.12. The number of aliphatic hydroxyl groups excluding tert-OH is 2. The van der Waals surface area contributed by atoms with Crippen molar-refractivity contribution in [3.63, 3.8) is 0 Å². The third kappa shape index (κ3) is 13.8. The van der Waals surface area contributed by atoms with Crippen LogP contribution in [0.3, 0.4) is 0 Å². The molecule has 5 atom stereocenters. The average molecular weight is 843 g/mol. The summed E-state index contributed by atoms with van der Waals surface area (Å²) in [5.74, 6) is -0.211. The molecule has 0 aromatic heterocycles. The van der Waals surface area contributed by atoms with Gasteiger partial charge in [0.25, 0.3) is 0 Å². The van der Waals surface area contributed by atoms with Gasteiger partial charge in [-0.2, -0.15) is 0 Å². The van der Waals surface area contributed by atoms with Crippen molar-refractivity contribution in [2.24, 2.45) is 5.92 Å². The lowest BCUT2D eigenvalue weighted by atomic mass is 9.78. The molecule has 3 aromatic rings. The number of aliphatic hydroxyl groups is 2. The molecule has 0 radical (unpaired) electrons. The first-order chi connectivity index (χ1) is 27.9. The molecule has 3 aromatic carbocycles. The van der Waals surface area contributed by atoms with Gasteiger partial charge in [0.1, 0.15) is 24.3 Å². The van der Waals surface area contributed by atoms with Crippen molar-refractivity contribution in [2.45, 2.75) is 88.4 Å². The molecular weight excluding hydrogens is 780 g/mol. The molecule has 3 fully saturated rings. The minimum absolute atomic E-state index is 0.00871. The van der Waals surface area contributed by atoms with Crippen molar-refractivity contribution in [2.75, 3.05) is 64.6 Å². The highest BCUT2D eigenvalue weighted by molar-refractivity contribution is 7.84. The average Bonchev–Trinajstić information content (AvgIpc) is 3.21. The molecule has 320 valence electrons. The molecule has 3 saturated heterocycles. The van der Waals surface area contributed by atoms with E-state index < -0.39 is 48.8 Å². The Morgan fingerprint density at radius 2 is 1.66 bits per heavy atom. The molecule has 3 aliphatic heterocycles. The van der Waals surface area contributed by atoms with E-state index in [9.17, 15) is 33.6 Å². The number of fused-ring (bicyclic) bond motifs is 3.